The van der Waals surface area contributed by atoms with Crippen molar-refractivity contribution < 1.29 is 14.3 Å². The molecule has 4 rings (SSSR count). The topological polar surface area (TPSA) is 74.4 Å². The lowest BCUT2D eigenvalue weighted by atomic mass is 10.1. The zero-order valence-corrected chi connectivity index (χ0v) is 21.8. The molecular formula is C32H33N3O3. The molecule has 0 radical (unpaired) electrons. The summed E-state index contributed by atoms with van der Waals surface area (Å²) in [4.78, 5) is 31.4. The Morgan fingerprint density at radius 1 is 0.868 bits per heavy atom. The smallest absolute Gasteiger partial charge is 0.355 e. The summed E-state index contributed by atoms with van der Waals surface area (Å²) >= 11 is 0. The largest absolute Gasteiger partial charge is 0.456 e. The van der Waals surface area contributed by atoms with Gasteiger partial charge in [-0.2, -0.15) is 0 Å². The van der Waals surface area contributed by atoms with Gasteiger partial charge in [0.1, 0.15) is 12.3 Å². The molecule has 1 heterocycles. The summed E-state index contributed by atoms with van der Waals surface area (Å²) in [5.41, 5.74) is 4.42. The fraction of sp³-hybridized carbons (Fsp3) is 0.188. The van der Waals surface area contributed by atoms with Crippen molar-refractivity contribution in [3.8, 4) is 0 Å². The maximum absolute atomic E-state index is 13.6. The van der Waals surface area contributed by atoms with Crippen LogP contribution in [0.1, 0.15) is 46.7 Å². The second-order valence-corrected chi connectivity index (χ2v) is 9.36. The zero-order valence-electron chi connectivity index (χ0n) is 21.8. The number of anilines is 1. The van der Waals surface area contributed by atoms with Crippen LogP contribution in [0.5, 0.6) is 0 Å². The second kappa shape index (κ2) is 13.1. The molecule has 2 amide bonds. The maximum Gasteiger partial charge on any atom is 0.355 e. The molecule has 0 saturated carbocycles. The van der Waals surface area contributed by atoms with E-state index in [1.807, 2.05) is 103 Å². The van der Waals surface area contributed by atoms with Crippen LogP contribution in [0.2, 0.25) is 0 Å². The van der Waals surface area contributed by atoms with E-state index in [1.165, 1.54) is 0 Å². The summed E-state index contributed by atoms with van der Waals surface area (Å²) in [5.74, 6) is -0.197. The molecule has 0 unspecified atom stereocenters. The fourth-order valence-corrected chi connectivity index (χ4v) is 3.91. The molecule has 6 nitrogen and oxygen atoms in total. The predicted molar refractivity (Wildman–Crippen MR) is 152 cm³/mol. The highest BCUT2D eigenvalue weighted by Gasteiger charge is 2.23. The van der Waals surface area contributed by atoms with Crippen LogP contribution in [-0.4, -0.2) is 17.0 Å². The van der Waals surface area contributed by atoms with Crippen LogP contribution in [-0.2, 0) is 24.4 Å². The van der Waals surface area contributed by atoms with Crippen molar-refractivity contribution in [1.82, 2.24) is 10.3 Å². The summed E-state index contributed by atoms with van der Waals surface area (Å²) in [6, 6.07) is 30.5. The number of urea groups is 1. The number of aromatic amines is 1. The van der Waals surface area contributed by atoms with Crippen LogP contribution in [0.25, 0.3) is 6.08 Å². The van der Waals surface area contributed by atoms with Crippen molar-refractivity contribution in [3.05, 3.63) is 131 Å². The maximum atomic E-state index is 13.6. The molecule has 0 saturated heterocycles. The van der Waals surface area contributed by atoms with Crippen LogP contribution < -0.4 is 10.2 Å². The highest BCUT2D eigenvalue weighted by molar-refractivity contribution is 5.97. The number of aromatic nitrogens is 1. The van der Waals surface area contributed by atoms with E-state index in [0.29, 0.717) is 24.5 Å². The third kappa shape index (κ3) is 7.46. The minimum absolute atomic E-state index is 0.163. The number of carbonyl (C=O) groups is 2. The van der Waals surface area contributed by atoms with Gasteiger partial charge in [-0.25, -0.2) is 9.59 Å². The van der Waals surface area contributed by atoms with Crippen molar-refractivity contribution in [2.45, 2.75) is 33.5 Å². The lowest BCUT2D eigenvalue weighted by molar-refractivity contribution is 0.0466. The Bertz CT molecular complexity index is 1350. The number of nitrogens with one attached hydrogen (secondary N) is 2. The summed E-state index contributed by atoms with van der Waals surface area (Å²) in [5, 5.41) is 3.03. The van der Waals surface area contributed by atoms with E-state index in [-0.39, 0.29) is 24.2 Å². The Morgan fingerprint density at radius 3 is 2.05 bits per heavy atom. The van der Waals surface area contributed by atoms with Gasteiger partial charge in [-0.15, -0.1) is 0 Å². The Hall–Kier alpha value is -4.58. The first-order chi connectivity index (χ1) is 18.5. The fourth-order valence-electron chi connectivity index (χ4n) is 3.91. The number of benzene rings is 3. The molecule has 0 aliphatic heterocycles. The first kappa shape index (κ1) is 26.5. The summed E-state index contributed by atoms with van der Waals surface area (Å²) in [6.07, 6.45) is 3.94. The molecule has 0 aliphatic rings. The van der Waals surface area contributed by atoms with Crippen LogP contribution in [0, 0.1) is 5.92 Å². The van der Waals surface area contributed by atoms with Crippen molar-refractivity contribution >= 4 is 23.8 Å². The number of ether oxygens (including phenoxy) is 1. The van der Waals surface area contributed by atoms with Crippen LogP contribution in [0.4, 0.5) is 10.5 Å². The molecule has 2 N–H and O–H groups in total. The normalized spacial score (nSPS) is 11.0. The molecule has 3 aromatic carbocycles. The number of nitrogens with zero attached hydrogens (tertiary/aromatic N) is 1. The van der Waals surface area contributed by atoms with E-state index in [0.717, 1.165) is 16.7 Å². The molecule has 0 spiro atoms. The van der Waals surface area contributed by atoms with E-state index >= 15 is 0 Å². The Kier molecular flexibility index (Phi) is 9.13. The van der Waals surface area contributed by atoms with Crippen molar-refractivity contribution in [3.63, 3.8) is 0 Å². The molecule has 38 heavy (non-hydrogen) atoms. The van der Waals surface area contributed by atoms with E-state index in [2.05, 4.69) is 24.1 Å². The standard InChI is InChI=1S/C32H33N3O3/c1-24(2)18-19-28-30(20-29(34-28)31(36)38-23-27-16-10-5-11-17-27)35(22-26-14-8-4-9-15-26)32(37)33-21-25-12-6-3-7-13-25/h3-20,24,34H,21-23H2,1-2H3,(H,33,37)/b19-18-. The predicted octanol–water partition coefficient (Wildman–Crippen LogP) is 6.96. The Labute approximate surface area is 224 Å². The van der Waals surface area contributed by atoms with Crippen molar-refractivity contribution in [2.24, 2.45) is 5.92 Å². The van der Waals surface area contributed by atoms with E-state index < -0.39 is 5.97 Å². The van der Waals surface area contributed by atoms with Crippen LogP contribution in [0.15, 0.2) is 103 Å². The van der Waals surface area contributed by atoms with Crippen molar-refractivity contribution in [2.75, 3.05) is 4.90 Å². The first-order valence-electron chi connectivity index (χ1n) is 12.7. The molecule has 0 atom stereocenters. The van der Waals surface area contributed by atoms with Gasteiger partial charge in [-0.1, -0.05) is 111 Å². The SMILES string of the molecule is CC(C)/C=C\c1[nH]c(C(=O)OCc2ccccc2)cc1N(Cc1ccccc1)C(=O)NCc1ccccc1. The van der Waals surface area contributed by atoms with Gasteiger partial charge in [-0.3, -0.25) is 4.90 Å². The lowest BCUT2D eigenvalue weighted by Gasteiger charge is -2.23. The average molecular weight is 508 g/mol. The lowest BCUT2D eigenvalue weighted by Crippen LogP contribution is -2.39. The third-order valence-corrected chi connectivity index (χ3v) is 5.91. The second-order valence-electron chi connectivity index (χ2n) is 9.36. The average Bonchev–Trinajstić information content (AvgIpc) is 3.38. The number of hydrogen-bond donors (Lipinski definition) is 2. The molecule has 6 heteroatoms. The molecular weight excluding hydrogens is 474 g/mol. The Balaban J connectivity index is 1.63. The van der Waals surface area contributed by atoms with Gasteiger partial charge in [0.25, 0.3) is 0 Å². The van der Waals surface area contributed by atoms with Gasteiger partial charge in [0, 0.05) is 6.54 Å². The number of H-pyrrole nitrogens is 1. The molecule has 1 aromatic heterocycles. The molecule has 0 fully saturated rings. The van der Waals surface area contributed by atoms with Gasteiger partial charge in [-0.05, 0) is 34.8 Å². The molecule has 4 aromatic rings. The van der Waals surface area contributed by atoms with Gasteiger partial charge in [0.05, 0.1) is 17.9 Å². The van der Waals surface area contributed by atoms with Crippen LogP contribution >= 0.6 is 0 Å². The number of hydrogen-bond acceptors (Lipinski definition) is 3. The quantitative estimate of drug-likeness (QED) is 0.228. The van der Waals surface area contributed by atoms with Crippen molar-refractivity contribution in [1.29, 1.82) is 0 Å². The monoisotopic (exact) mass is 507 g/mol. The summed E-state index contributed by atoms with van der Waals surface area (Å²) in [6.45, 7) is 5.03. The molecule has 194 valence electrons. The number of amides is 2. The first-order valence-corrected chi connectivity index (χ1v) is 12.7. The van der Waals surface area contributed by atoms with E-state index in [1.54, 1.807) is 11.0 Å². The number of allylic oxidation sites excluding steroid dienone is 1. The van der Waals surface area contributed by atoms with Gasteiger partial charge in [0.2, 0.25) is 0 Å². The minimum Gasteiger partial charge on any atom is -0.456 e. The number of rotatable bonds is 10. The van der Waals surface area contributed by atoms with Gasteiger partial charge >= 0.3 is 12.0 Å². The molecule has 0 bridgehead atoms. The molecule has 0 aliphatic carbocycles. The third-order valence-electron chi connectivity index (χ3n) is 5.91. The number of carbonyl (C=O) groups excluding carboxylic acids is 2. The van der Waals surface area contributed by atoms with E-state index in [9.17, 15) is 9.59 Å². The Morgan fingerprint density at radius 2 is 1.45 bits per heavy atom. The van der Waals surface area contributed by atoms with Gasteiger partial charge in [0.15, 0.2) is 0 Å². The highest BCUT2D eigenvalue weighted by Crippen LogP contribution is 2.27. The van der Waals surface area contributed by atoms with Crippen LogP contribution in [0.3, 0.4) is 0 Å². The number of esters is 1. The summed E-state index contributed by atoms with van der Waals surface area (Å²) < 4.78 is 5.56. The summed E-state index contributed by atoms with van der Waals surface area (Å²) in [7, 11) is 0. The van der Waals surface area contributed by atoms with Gasteiger partial charge < -0.3 is 15.0 Å². The zero-order chi connectivity index (χ0) is 26.7. The minimum atomic E-state index is -0.483. The highest BCUT2D eigenvalue weighted by atomic mass is 16.5. The van der Waals surface area contributed by atoms with E-state index in [4.69, 9.17) is 4.74 Å².